The summed E-state index contributed by atoms with van der Waals surface area (Å²) in [5.74, 6) is -0.0793. The molecule has 1 saturated heterocycles. The zero-order chi connectivity index (χ0) is 31.2. The summed E-state index contributed by atoms with van der Waals surface area (Å²) >= 11 is 0. The molecule has 2 N–H and O–H groups in total. The van der Waals surface area contributed by atoms with Crippen LogP contribution in [0.4, 0.5) is 16.2 Å². The quantitative estimate of drug-likeness (QED) is 0.230. The van der Waals surface area contributed by atoms with Gasteiger partial charge in [-0.1, -0.05) is 75.4 Å². The lowest BCUT2D eigenvalue weighted by Gasteiger charge is -2.36. The van der Waals surface area contributed by atoms with Gasteiger partial charge in [-0.2, -0.15) is 0 Å². The Kier molecular flexibility index (Phi) is 10.5. The predicted octanol–water partition coefficient (Wildman–Crippen LogP) is 8.03. The van der Waals surface area contributed by atoms with Gasteiger partial charge < -0.3 is 19.7 Å². The first-order valence-electron chi connectivity index (χ1n) is 15.3. The Balaban J connectivity index is 1.44. The molecule has 4 rings (SSSR count). The highest BCUT2D eigenvalue weighted by Crippen LogP contribution is 2.37. The predicted molar refractivity (Wildman–Crippen MR) is 178 cm³/mol. The van der Waals surface area contributed by atoms with E-state index in [-0.39, 0.29) is 17.0 Å². The number of hydrogen-bond donors (Lipinski definition) is 2. The highest BCUT2D eigenvalue weighted by molar-refractivity contribution is 6.74. The molecular weight excluding hydrogens is 554 g/mol. The fourth-order valence-electron chi connectivity index (χ4n) is 5.15. The summed E-state index contributed by atoms with van der Waals surface area (Å²) in [6, 6.07) is 23.6. The molecule has 0 atom stereocenters. The van der Waals surface area contributed by atoms with Crippen LogP contribution in [0.5, 0.6) is 0 Å². The zero-order valence-corrected chi connectivity index (χ0v) is 27.5. The lowest BCUT2D eigenvalue weighted by Crippen LogP contribution is -2.46. The molecule has 1 fully saturated rings. The second kappa shape index (κ2) is 13.9. The highest BCUT2D eigenvalue weighted by Gasteiger charge is 2.37. The molecule has 2 amide bonds. The molecule has 0 bridgehead atoms. The molecule has 1 aliphatic rings. The van der Waals surface area contributed by atoms with Gasteiger partial charge in [-0.3, -0.25) is 9.69 Å². The van der Waals surface area contributed by atoms with Gasteiger partial charge in [0.05, 0.1) is 12.3 Å². The van der Waals surface area contributed by atoms with Crippen molar-refractivity contribution in [2.75, 3.05) is 30.4 Å². The largest absolute Gasteiger partial charge is 0.465 e. The number of anilines is 2. The van der Waals surface area contributed by atoms with E-state index in [9.17, 15) is 14.7 Å². The summed E-state index contributed by atoms with van der Waals surface area (Å²) in [6.07, 6.45) is 1.42. The van der Waals surface area contributed by atoms with Crippen LogP contribution in [0, 0.1) is 0 Å². The number of amides is 2. The fraction of sp³-hybridized carbons (Fsp3) is 0.429. The topological polar surface area (TPSA) is 82.1 Å². The molecule has 43 heavy (non-hydrogen) atoms. The van der Waals surface area contributed by atoms with E-state index in [0.717, 1.165) is 53.9 Å². The molecule has 0 spiro atoms. The summed E-state index contributed by atoms with van der Waals surface area (Å²) < 4.78 is 6.32. The van der Waals surface area contributed by atoms with Gasteiger partial charge in [-0.05, 0) is 92.4 Å². The van der Waals surface area contributed by atoms with E-state index in [1.807, 2.05) is 72.8 Å². The van der Waals surface area contributed by atoms with Crippen molar-refractivity contribution in [3.8, 4) is 11.1 Å². The molecule has 0 aliphatic carbocycles. The SMILES string of the molecule is CN1CCC(N(C(=O)O)c2cc(CCC(=O)Nc3ccc(CO[Si](C)(C)C(C)(C)C)cc3)ccc2-c2ccccc2)CC1. The van der Waals surface area contributed by atoms with E-state index in [2.05, 4.69) is 51.1 Å². The Labute approximate surface area is 258 Å². The molecule has 8 heteroatoms. The molecule has 3 aromatic rings. The van der Waals surface area contributed by atoms with E-state index < -0.39 is 14.4 Å². The van der Waals surface area contributed by atoms with Crippen molar-refractivity contribution in [3.05, 3.63) is 83.9 Å². The lowest BCUT2D eigenvalue weighted by molar-refractivity contribution is -0.116. The molecule has 0 saturated carbocycles. The minimum atomic E-state index is -1.83. The number of aryl methyl sites for hydroxylation is 1. The van der Waals surface area contributed by atoms with Crippen LogP contribution in [-0.2, 0) is 22.2 Å². The molecule has 230 valence electrons. The summed E-state index contributed by atoms with van der Waals surface area (Å²) in [6.45, 7) is 13.5. The number of benzene rings is 3. The van der Waals surface area contributed by atoms with Gasteiger partial charge >= 0.3 is 6.09 Å². The average molecular weight is 602 g/mol. The van der Waals surface area contributed by atoms with Crippen LogP contribution in [0.15, 0.2) is 72.8 Å². The van der Waals surface area contributed by atoms with Gasteiger partial charge in [0.15, 0.2) is 8.32 Å². The van der Waals surface area contributed by atoms with Gasteiger partial charge in [0.25, 0.3) is 0 Å². The van der Waals surface area contributed by atoms with Crippen molar-refractivity contribution < 1.29 is 19.1 Å². The number of nitrogens with zero attached hydrogens (tertiary/aromatic N) is 2. The first kappa shape index (κ1) is 32.5. The second-order valence-electron chi connectivity index (χ2n) is 13.2. The average Bonchev–Trinajstić information content (AvgIpc) is 2.97. The number of likely N-dealkylation sites (tertiary alicyclic amines) is 1. The third kappa shape index (κ3) is 8.56. The van der Waals surface area contributed by atoms with Gasteiger partial charge in [0.2, 0.25) is 5.91 Å². The van der Waals surface area contributed by atoms with Crippen LogP contribution in [0.25, 0.3) is 11.1 Å². The van der Waals surface area contributed by atoms with Gasteiger partial charge in [0.1, 0.15) is 0 Å². The smallest absolute Gasteiger partial charge is 0.412 e. The Bertz CT molecular complexity index is 1380. The van der Waals surface area contributed by atoms with Crippen LogP contribution >= 0.6 is 0 Å². The first-order chi connectivity index (χ1) is 20.3. The number of rotatable bonds is 10. The van der Waals surface area contributed by atoms with Crippen LogP contribution in [0.3, 0.4) is 0 Å². The third-order valence-electron chi connectivity index (χ3n) is 8.95. The molecule has 7 nitrogen and oxygen atoms in total. The summed E-state index contributed by atoms with van der Waals surface area (Å²) in [5, 5.41) is 13.5. The summed E-state index contributed by atoms with van der Waals surface area (Å²) in [7, 11) is 0.240. The minimum Gasteiger partial charge on any atom is -0.465 e. The number of carboxylic acid groups (broad SMARTS) is 1. The minimum absolute atomic E-state index is 0.0793. The third-order valence-corrected chi connectivity index (χ3v) is 13.4. The van der Waals surface area contributed by atoms with Crippen molar-refractivity contribution >= 4 is 31.7 Å². The highest BCUT2D eigenvalue weighted by atomic mass is 28.4. The van der Waals surface area contributed by atoms with Crippen molar-refractivity contribution in [2.24, 2.45) is 0 Å². The number of carbonyl (C=O) groups is 2. The number of piperidine rings is 1. The van der Waals surface area contributed by atoms with Crippen molar-refractivity contribution in [1.29, 1.82) is 0 Å². The van der Waals surface area contributed by atoms with Crippen molar-refractivity contribution in [3.63, 3.8) is 0 Å². The van der Waals surface area contributed by atoms with Crippen molar-refractivity contribution in [2.45, 2.75) is 77.2 Å². The van der Waals surface area contributed by atoms with Gasteiger partial charge in [-0.25, -0.2) is 4.79 Å². The van der Waals surface area contributed by atoms with Gasteiger partial charge in [0, 0.05) is 23.7 Å². The van der Waals surface area contributed by atoms with E-state index in [1.54, 1.807) is 4.90 Å². The molecule has 0 unspecified atom stereocenters. The fourth-order valence-corrected chi connectivity index (χ4v) is 6.11. The van der Waals surface area contributed by atoms with E-state index >= 15 is 0 Å². The molecular formula is C35H47N3O4Si. The second-order valence-corrected chi connectivity index (χ2v) is 18.0. The Morgan fingerprint density at radius 1 is 0.977 bits per heavy atom. The van der Waals surface area contributed by atoms with Crippen LogP contribution < -0.4 is 10.2 Å². The van der Waals surface area contributed by atoms with Crippen molar-refractivity contribution in [1.82, 2.24) is 4.90 Å². The normalized spacial score (nSPS) is 14.8. The first-order valence-corrected chi connectivity index (χ1v) is 18.2. The van der Waals surface area contributed by atoms with Crippen LogP contribution in [0.1, 0.15) is 51.2 Å². The van der Waals surface area contributed by atoms with Gasteiger partial charge in [-0.15, -0.1) is 0 Å². The monoisotopic (exact) mass is 601 g/mol. The van der Waals surface area contributed by atoms with Crippen LogP contribution in [-0.4, -0.2) is 56.5 Å². The zero-order valence-electron chi connectivity index (χ0n) is 26.5. The number of nitrogens with one attached hydrogen (secondary N) is 1. The van der Waals surface area contributed by atoms with E-state index in [4.69, 9.17) is 4.43 Å². The summed E-state index contributed by atoms with van der Waals surface area (Å²) in [4.78, 5) is 29.3. The Hall–Kier alpha value is -3.46. The maximum absolute atomic E-state index is 12.9. The number of carbonyl (C=O) groups excluding carboxylic acids is 1. The van der Waals surface area contributed by atoms with E-state index in [0.29, 0.717) is 25.1 Å². The standard InChI is InChI=1S/C35H47N3O4Si/c1-35(2,3)43(5,6)42-25-27-12-16-29(17-13-27)36-33(39)19-15-26-14-18-31(28-10-8-7-9-11-28)32(24-26)38(34(40)41)30-20-22-37(4)23-21-30/h7-14,16-18,24,30H,15,19-23,25H2,1-6H3,(H,36,39)(H,40,41). The maximum Gasteiger partial charge on any atom is 0.412 e. The summed E-state index contributed by atoms with van der Waals surface area (Å²) in [5.41, 5.74) is 5.30. The van der Waals surface area contributed by atoms with E-state index in [1.165, 1.54) is 0 Å². The lowest BCUT2D eigenvalue weighted by atomic mass is 9.96. The molecule has 3 aromatic carbocycles. The Morgan fingerprint density at radius 3 is 2.21 bits per heavy atom. The molecule has 1 aliphatic heterocycles. The Morgan fingerprint density at radius 2 is 1.60 bits per heavy atom. The molecule has 0 aromatic heterocycles. The number of hydrogen-bond acceptors (Lipinski definition) is 4. The van der Waals surface area contributed by atoms with Crippen LogP contribution in [0.2, 0.25) is 18.1 Å². The molecule has 1 heterocycles. The maximum atomic E-state index is 12.9. The molecule has 0 radical (unpaired) electrons.